The summed E-state index contributed by atoms with van der Waals surface area (Å²) in [5.74, 6) is 0.107. The number of hydrogen-bond donors (Lipinski definition) is 3. The largest absolute Gasteiger partial charge is 0.483 e. The van der Waals surface area contributed by atoms with E-state index in [4.69, 9.17) is 28.6 Å². The average Bonchev–Trinajstić information content (AvgIpc) is 3.12. The predicted molar refractivity (Wildman–Crippen MR) is 129 cm³/mol. The van der Waals surface area contributed by atoms with Crippen molar-refractivity contribution in [1.82, 2.24) is 16.2 Å². The molecule has 3 N–H and O–H groups in total. The topological polar surface area (TPSA) is 79.5 Å². The van der Waals surface area contributed by atoms with Gasteiger partial charge in [-0.1, -0.05) is 61.8 Å². The molecule has 1 unspecified atom stereocenters. The number of hydrogen-bond acceptors (Lipinski definition) is 5. The Labute approximate surface area is 194 Å². The zero-order chi connectivity index (χ0) is 22.4. The lowest BCUT2D eigenvalue weighted by atomic mass is 9.98. The van der Waals surface area contributed by atoms with Crippen LogP contribution >= 0.6 is 35.2 Å². The normalized spacial score (nSPS) is 11.6. The minimum absolute atomic E-state index is 0.0492. The minimum atomic E-state index is -0.448. The lowest BCUT2D eigenvalue weighted by Crippen LogP contribution is -2.49. The van der Waals surface area contributed by atoms with Crippen LogP contribution in [0.5, 0.6) is 5.75 Å². The zero-order valence-electron chi connectivity index (χ0n) is 17.0. The number of carbonyl (C=O) groups excluding carboxylic acids is 2. The summed E-state index contributed by atoms with van der Waals surface area (Å²) in [6.07, 6.45) is 0.964. The van der Waals surface area contributed by atoms with E-state index in [1.165, 1.54) is 11.3 Å². The van der Waals surface area contributed by atoms with E-state index in [0.717, 1.165) is 22.1 Å². The third-order valence-corrected chi connectivity index (χ3v) is 6.58. The van der Waals surface area contributed by atoms with Crippen molar-refractivity contribution in [3.63, 3.8) is 0 Å². The van der Waals surface area contributed by atoms with Gasteiger partial charge in [-0.3, -0.25) is 25.8 Å². The maximum absolute atomic E-state index is 12.5. The van der Waals surface area contributed by atoms with E-state index < -0.39 is 11.8 Å². The van der Waals surface area contributed by atoms with Crippen LogP contribution in [0.25, 0.3) is 10.1 Å². The summed E-state index contributed by atoms with van der Waals surface area (Å²) in [6, 6.07) is 15.1. The van der Waals surface area contributed by atoms with Crippen molar-refractivity contribution in [3.05, 3.63) is 64.0 Å². The monoisotopic (exact) mass is 475 g/mol. The molecule has 2 amide bonds. The van der Waals surface area contributed by atoms with Crippen molar-refractivity contribution in [1.29, 1.82) is 0 Å². The number of rotatable bonds is 6. The van der Waals surface area contributed by atoms with E-state index in [0.29, 0.717) is 21.6 Å². The second kappa shape index (κ2) is 10.6. The number of ether oxygens (including phenoxy) is 1. The fourth-order valence-corrected chi connectivity index (χ4v) is 4.45. The molecule has 3 rings (SSSR count). The number of benzene rings is 2. The maximum Gasteiger partial charge on any atom is 0.276 e. The first-order chi connectivity index (χ1) is 14.9. The van der Waals surface area contributed by atoms with Crippen molar-refractivity contribution < 1.29 is 14.3 Å². The zero-order valence-corrected chi connectivity index (χ0v) is 19.4. The van der Waals surface area contributed by atoms with Crippen LogP contribution in [0.15, 0.2) is 48.5 Å². The Morgan fingerprint density at radius 3 is 2.58 bits per heavy atom. The molecule has 9 heteroatoms. The molecule has 1 aromatic heterocycles. The Hall–Kier alpha value is -2.68. The van der Waals surface area contributed by atoms with Gasteiger partial charge in [0.05, 0.1) is 5.02 Å². The van der Waals surface area contributed by atoms with Gasteiger partial charge in [-0.15, -0.1) is 11.3 Å². The summed E-state index contributed by atoms with van der Waals surface area (Å²) in [5, 5.41) is 3.64. The number of hydrazine groups is 1. The fraction of sp³-hybridized carbons (Fsp3) is 0.227. The number of carbonyl (C=O) groups is 2. The minimum Gasteiger partial charge on any atom is -0.483 e. The number of thiocarbonyl (C=S) groups is 1. The average molecular weight is 476 g/mol. The first kappa shape index (κ1) is 23.0. The smallest absolute Gasteiger partial charge is 0.276 e. The van der Waals surface area contributed by atoms with Crippen molar-refractivity contribution in [2.45, 2.75) is 26.2 Å². The van der Waals surface area contributed by atoms with Crippen LogP contribution in [0.1, 0.15) is 41.4 Å². The van der Waals surface area contributed by atoms with Gasteiger partial charge in [-0.25, -0.2) is 0 Å². The highest BCUT2D eigenvalue weighted by atomic mass is 35.5. The van der Waals surface area contributed by atoms with Crippen molar-refractivity contribution in [3.8, 4) is 5.75 Å². The van der Waals surface area contributed by atoms with Crippen LogP contribution < -0.4 is 20.9 Å². The van der Waals surface area contributed by atoms with Gasteiger partial charge in [0, 0.05) is 10.1 Å². The van der Waals surface area contributed by atoms with Gasteiger partial charge in [0.25, 0.3) is 11.8 Å². The molecule has 0 fully saturated rings. The molecule has 0 saturated heterocycles. The van der Waals surface area contributed by atoms with E-state index in [2.05, 4.69) is 30.0 Å². The molecular formula is C22H22ClN3O3S2. The van der Waals surface area contributed by atoms with Crippen LogP contribution in [-0.2, 0) is 4.79 Å². The van der Waals surface area contributed by atoms with Crippen molar-refractivity contribution in [2.75, 3.05) is 6.61 Å². The van der Waals surface area contributed by atoms with Gasteiger partial charge in [0.15, 0.2) is 11.7 Å². The van der Waals surface area contributed by atoms with Gasteiger partial charge in [-0.05, 0) is 42.3 Å². The summed E-state index contributed by atoms with van der Waals surface area (Å²) in [4.78, 5) is 24.9. The Bertz CT molecular complexity index is 1120. The Morgan fingerprint density at radius 1 is 1.13 bits per heavy atom. The second-order valence-electron chi connectivity index (χ2n) is 6.83. The van der Waals surface area contributed by atoms with Gasteiger partial charge in [0.2, 0.25) is 0 Å². The van der Waals surface area contributed by atoms with Crippen LogP contribution in [0.3, 0.4) is 0 Å². The molecule has 0 spiro atoms. The third-order valence-electron chi connectivity index (χ3n) is 4.70. The molecule has 0 bridgehead atoms. The Morgan fingerprint density at radius 2 is 1.84 bits per heavy atom. The number of fused-ring (bicyclic) bond motifs is 1. The molecule has 0 aliphatic carbocycles. The highest BCUT2D eigenvalue weighted by molar-refractivity contribution is 7.80. The Balaban J connectivity index is 1.50. The van der Waals surface area contributed by atoms with Gasteiger partial charge < -0.3 is 4.74 Å². The molecule has 3 aromatic rings. The summed E-state index contributed by atoms with van der Waals surface area (Å²) < 4.78 is 6.56. The summed E-state index contributed by atoms with van der Waals surface area (Å²) in [5.41, 5.74) is 5.97. The molecule has 1 heterocycles. The molecule has 6 nitrogen and oxygen atoms in total. The number of halogens is 1. The van der Waals surface area contributed by atoms with Crippen molar-refractivity contribution in [2.24, 2.45) is 0 Å². The molecule has 162 valence electrons. The van der Waals surface area contributed by atoms with E-state index in [9.17, 15) is 9.59 Å². The molecule has 31 heavy (non-hydrogen) atoms. The van der Waals surface area contributed by atoms with Crippen molar-refractivity contribution >= 4 is 62.2 Å². The molecule has 0 radical (unpaired) electrons. The quantitative estimate of drug-likeness (QED) is 0.353. The summed E-state index contributed by atoms with van der Waals surface area (Å²) >= 11 is 12.7. The number of thiophene rings is 1. The number of amides is 2. The van der Waals surface area contributed by atoms with Gasteiger partial charge >= 0.3 is 0 Å². The molecular weight excluding hydrogens is 454 g/mol. The van der Waals surface area contributed by atoms with Crippen LogP contribution in [-0.4, -0.2) is 23.5 Å². The highest BCUT2D eigenvalue weighted by Gasteiger charge is 2.18. The Kier molecular flexibility index (Phi) is 7.84. The van der Waals surface area contributed by atoms with E-state index in [1.54, 1.807) is 0 Å². The molecule has 2 aromatic carbocycles. The summed E-state index contributed by atoms with van der Waals surface area (Å²) in [6.45, 7) is 4.01. The SMILES string of the molecule is CCC(C)c1ccccc1OCC(=O)NNC(=S)NC(=O)c1sc2ccccc2c1Cl. The lowest BCUT2D eigenvalue weighted by molar-refractivity contribution is -0.123. The molecule has 1 atom stereocenters. The number of para-hydroxylation sites is 1. The van der Waals surface area contributed by atoms with Crippen LogP contribution in [0.2, 0.25) is 5.02 Å². The first-order valence-electron chi connectivity index (χ1n) is 9.69. The highest BCUT2D eigenvalue weighted by Crippen LogP contribution is 2.35. The first-order valence-corrected chi connectivity index (χ1v) is 11.3. The van der Waals surface area contributed by atoms with Gasteiger partial charge in [0.1, 0.15) is 10.6 Å². The molecule has 0 saturated carbocycles. The standard InChI is InChI=1S/C22H22ClN3O3S2/c1-3-13(2)14-8-4-6-10-16(14)29-12-18(27)25-26-22(30)24-21(28)20-19(23)15-9-5-7-11-17(15)31-20/h4-11,13H,3,12H2,1-2H3,(H,25,27)(H2,24,26,28,30). The van der Waals surface area contributed by atoms with Crippen LogP contribution in [0.4, 0.5) is 0 Å². The van der Waals surface area contributed by atoms with E-state index >= 15 is 0 Å². The fourth-order valence-electron chi connectivity index (χ4n) is 2.90. The maximum atomic E-state index is 12.5. The van der Waals surface area contributed by atoms with E-state index in [1.807, 2.05) is 48.5 Å². The van der Waals surface area contributed by atoms with Crippen LogP contribution in [0, 0.1) is 0 Å². The predicted octanol–water partition coefficient (Wildman–Crippen LogP) is 4.78. The number of nitrogens with one attached hydrogen (secondary N) is 3. The van der Waals surface area contributed by atoms with E-state index in [-0.39, 0.29) is 11.7 Å². The van der Waals surface area contributed by atoms with Gasteiger partial charge in [-0.2, -0.15) is 0 Å². The molecule has 0 aliphatic heterocycles. The second-order valence-corrected chi connectivity index (χ2v) is 8.67. The molecule has 0 aliphatic rings. The third kappa shape index (κ3) is 5.72. The summed E-state index contributed by atoms with van der Waals surface area (Å²) in [7, 11) is 0. The lowest BCUT2D eigenvalue weighted by Gasteiger charge is -2.16.